The van der Waals surface area contributed by atoms with E-state index in [1.165, 1.54) is 6.07 Å². The SMILES string of the molecule is COc1ccc(CC(C)Nc2ccc(F)c(F)c2F)cc1. The highest BCUT2D eigenvalue weighted by Crippen LogP contribution is 2.21. The van der Waals surface area contributed by atoms with E-state index >= 15 is 0 Å². The van der Waals surface area contributed by atoms with E-state index < -0.39 is 17.5 Å². The molecule has 0 spiro atoms. The van der Waals surface area contributed by atoms with E-state index in [-0.39, 0.29) is 11.7 Å². The Balaban J connectivity index is 2.04. The van der Waals surface area contributed by atoms with Gasteiger partial charge in [0.2, 0.25) is 0 Å². The Hall–Kier alpha value is -2.17. The quantitative estimate of drug-likeness (QED) is 0.836. The summed E-state index contributed by atoms with van der Waals surface area (Å²) in [5, 5.41) is 2.84. The molecule has 2 nitrogen and oxygen atoms in total. The summed E-state index contributed by atoms with van der Waals surface area (Å²) < 4.78 is 44.6. The van der Waals surface area contributed by atoms with Crippen LogP contribution in [0.1, 0.15) is 12.5 Å². The smallest absolute Gasteiger partial charge is 0.196 e. The first-order valence-corrected chi connectivity index (χ1v) is 6.54. The van der Waals surface area contributed by atoms with Crippen molar-refractivity contribution in [2.45, 2.75) is 19.4 Å². The van der Waals surface area contributed by atoms with Crippen LogP contribution >= 0.6 is 0 Å². The molecule has 0 fully saturated rings. The highest BCUT2D eigenvalue weighted by Gasteiger charge is 2.14. The van der Waals surface area contributed by atoms with Crippen LogP contribution in [0.5, 0.6) is 5.75 Å². The molecule has 21 heavy (non-hydrogen) atoms. The van der Waals surface area contributed by atoms with Gasteiger partial charge in [0.25, 0.3) is 0 Å². The number of benzene rings is 2. The molecule has 5 heteroatoms. The maximum Gasteiger partial charge on any atom is 0.196 e. The van der Waals surface area contributed by atoms with Crippen LogP contribution < -0.4 is 10.1 Å². The molecule has 1 atom stereocenters. The Morgan fingerprint density at radius 2 is 1.67 bits per heavy atom. The first kappa shape index (κ1) is 15.2. The van der Waals surface area contributed by atoms with E-state index in [0.717, 1.165) is 17.4 Å². The molecular formula is C16H16F3NO. The number of anilines is 1. The molecule has 0 amide bonds. The molecule has 0 aliphatic carbocycles. The Kier molecular flexibility index (Phi) is 4.73. The van der Waals surface area contributed by atoms with E-state index in [4.69, 9.17) is 4.74 Å². The zero-order valence-corrected chi connectivity index (χ0v) is 11.8. The summed E-state index contributed by atoms with van der Waals surface area (Å²) in [4.78, 5) is 0. The highest BCUT2D eigenvalue weighted by molar-refractivity contribution is 5.46. The molecule has 2 aromatic carbocycles. The van der Waals surface area contributed by atoms with Gasteiger partial charge in [0.05, 0.1) is 12.8 Å². The van der Waals surface area contributed by atoms with Crippen LogP contribution in [-0.2, 0) is 6.42 Å². The van der Waals surface area contributed by atoms with E-state index in [1.807, 2.05) is 31.2 Å². The minimum absolute atomic E-state index is 0.0464. The van der Waals surface area contributed by atoms with Gasteiger partial charge >= 0.3 is 0 Å². The van der Waals surface area contributed by atoms with E-state index in [1.54, 1.807) is 7.11 Å². The van der Waals surface area contributed by atoms with Crippen LogP contribution in [-0.4, -0.2) is 13.2 Å². The Morgan fingerprint density at radius 1 is 1.00 bits per heavy atom. The van der Waals surface area contributed by atoms with Crippen LogP contribution in [0.25, 0.3) is 0 Å². The van der Waals surface area contributed by atoms with Crippen molar-refractivity contribution in [1.82, 2.24) is 0 Å². The van der Waals surface area contributed by atoms with Crippen molar-refractivity contribution in [2.75, 3.05) is 12.4 Å². The molecule has 0 aromatic heterocycles. The molecule has 0 heterocycles. The fraction of sp³-hybridized carbons (Fsp3) is 0.250. The fourth-order valence-electron chi connectivity index (χ4n) is 2.07. The second-order valence-corrected chi connectivity index (χ2v) is 4.82. The van der Waals surface area contributed by atoms with Crippen molar-refractivity contribution in [3.8, 4) is 5.75 Å². The molecule has 2 aromatic rings. The minimum atomic E-state index is -1.46. The zero-order chi connectivity index (χ0) is 15.4. The lowest BCUT2D eigenvalue weighted by atomic mass is 10.1. The number of nitrogens with one attached hydrogen (secondary N) is 1. The first-order chi connectivity index (χ1) is 10.0. The predicted molar refractivity (Wildman–Crippen MR) is 76.1 cm³/mol. The third kappa shape index (κ3) is 3.68. The number of hydrogen-bond donors (Lipinski definition) is 1. The van der Waals surface area contributed by atoms with Gasteiger partial charge in [0, 0.05) is 6.04 Å². The molecule has 0 bridgehead atoms. The summed E-state index contributed by atoms with van der Waals surface area (Å²) in [6.07, 6.45) is 0.614. The molecule has 1 N–H and O–H groups in total. The molecule has 1 unspecified atom stereocenters. The minimum Gasteiger partial charge on any atom is -0.497 e. The van der Waals surface area contributed by atoms with Crippen molar-refractivity contribution >= 4 is 5.69 Å². The van der Waals surface area contributed by atoms with E-state index in [0.29, 0.717) is 6.42 Å². The average Bonchev–Trinajstić information content (AvgIpc) is 2.49. The highest BCUT2D eigenvalue weighted by atomic mass is 19.2. The van der Waals surface area contributed by atoms with Gasteiger partial charge in [-0.15, -0.1) is 0 Å². The van der Waals surface area contributed by atoms with Crippen LogP contribution in [0.4, 0.5) is 18.9 Å². The molecule has 2 rings (SSSR count). The van der Waals surface area contributed by atoms with Gasteiger partial charge in [-0.25, -0.2) is 13.2 Å². The number of rotatable bonds is 5. The second-order valence-electron chi connectivity index (χ2n) is 4.82. The molecule has 0 saturated carbocycles. The van der Waals surface area contributed by atoms with Gasteiger partial charge in [-0.05, 0) is 43.2 Å². The maximum absolute atomic E-state index is 13.6. The summed E-state index contributed by atoms with van der Waals surface area (Å²) in [5.41, 5.74) is 0.980. The van der Waals surface area contributed by atoms with Gasteiger partial charge in [-0.3, -0.25) is 0 Å². The standard InChI is InChI=1S/C16H16F3NO/c1-10(9-11-3-5-12(21-2)6-4-11)20-14-8-7-13(17)15(18)16(14)19/h3-8,10,20H,9H2,1-2H3. The summed E-state index contributed by atoms with van der Waals surface area (Å²) >= 11 is 0. The second kappa shape index (κ2) is 6.52. The summed E-state index contributed by atoms with van der Waals surface area (Å²) in [5.74, 6) is -3.10. The molecule has 0 radical (unpaired) electrons. The third-order valence-corrected chi connectivity index (χ3v) is 3.14. The van der Waals surface area contributed by atoms with Crippen LogP contribution in [0.3, 0.4) is 0 Å². The van der Waals surface area contributed by atoms with Gasteiger partial charge in [0.1, 0.15) is 5.75 Å². The average molecular weight is 295 g/mol. The van der Waals surface area contributed by atoms with Gasteiger partial charge in [-0.2, -0.15) is 0 Å². The Bertz CT molecular complexity index is 614. The summed E-state index contributed by atoms with van der Waals surface area (Å²) in [6.45, 7) is 1.84. The van der Waals surface area contributed by atoms with Crippen LogP contribution in [0.15, 0.2) is 36.4 Å². The lowest BCUT2D eigenvalue weighted by Crippen LogP contribution is -2.19. The number of halogens is 3. The van der Waals surface area contributed by atoms with Gasteiger partial charge < -0.3 is 10.1 Å². The van der Waals surface area contributed by atoms with Crippen molar-refractivity contribution in [1.29, 1.82) is 0 Å². The Morgan fingerprint density at radius 3 is 2.29 bits per heavy atom. The first-order valence-electron chi connectivity index (χ1n) is 6.54. The molecule has 0 aliphatic rings. The largest absolute Gasteiger partial charge is 0.497 e. The topological polar surface area (TPSA) is 21.3 Å². The summed E-state index contributed by atoms with van der Waals surface area (Å²) in [7, 11) is 1.59. The van der Waals surface area contributed by atoms with E-state index in [2.05, 4.69) is 5.32 Å². The molecule has 0 aliphatic heterocycles. The van der Waals surface area contributed by atoms with Gasteiger partial charge in [-0.1, -0.05) is 12.1 Å². The molecule has 112 valence electrons. The molecule has 0 saturated heterocycles. The lowest BCUT2D eigenvalue weighted by molar-refractivity contribution is 0.414. The number of ether oxygens (including phenoxy) is 1. The van der Waals surface area contributed by atoms with E-state index in [9.17, 15) is 13.2 Å². The van der Waals surface area contributed by atoms with Crippen molar-refractivity contribution in [3.63, 3.8) is 0 Å². The normalized spacial score (nSPS) is 12.0. The van der Waals surface area contributed by atoms with Crippen LogP contribution in [0, 0.1) is 17.5 Å². The monoisotopic (exact) mass is 295 g/mol. The maximum atomic E-state index is 13.6. The van der Waals surface area contributed by atoms with Crippen molar-refractivity contribution in [2.24, 2.45) is 0 Å². The number of methoxy groups -OCH3 is 1. The lowest BCUT2D eigenvalue weighted by Gasteiger charge is -2.16. The van der Waals surface area contributed by atoms with Crippen LogP contribution in [0.2, 0.25) is 0 Å². The summed E-state index contributed by atoms with van der Waals surface area (Å²) in [6, 6.07) is 9.43. The third-order valence-electron chi connectivity index (χ3n) is 3.14. The van der Waals surface area contributed by atoms with Crippen molar-refractivity contribution in [3.05, 3.63) is 59.4 Å². The molecular weight excluding hydrogens is 279 g/mol. The van der Waals surface area contributed by atoms with Gasteiger partial charge in [0.15, 0.2) is 17.5 Å². The Labute approximate surface area is 121 Å². The fourth-order valence-corrected chi connectivity index (χ4v) is 2.07. The predicted octanol–water partition coefficient (Wildman–Crippen LogP) is 4.16. The zero-order valence-electron chi connectivity index (χ0n) is 11.8. The number of hydrogen-bond acceptors (Lipinski definition) is 2. The van der Waals surface area contributed by atoms with Crippen molar-refractivity contribution < 1.29 is 17.9 Å².